The van der Waals surface area contributed by atoms with E-state index in [9.17, 15) is 14.0 Å². The van der Waals surface area contributed by atoms with Crippen molar-refractivity contribution in [3.05, 3.63) is 56.6 Å². The number of imide groups is 1. The second-order valence-corrected chi connectivity index (χ2v) is 6.91. The van der Waals surface area contributed by atoms with Gasteiger partial charge >= 0.3 is 0 Å². The van der Waals surface area contributed by atoms with Gasteiger partial charge in [0, 0.05) is 33.4 Å². The molecule has 4 rings (SSSR count). The molecule has 0 unspecified atom stereocenters. The van der Waals surface area contributed by atoms with E-state index >= 15 is 0 Å². The number of fused-ring (bicyclic) bond motifs is 1. The highest BCUT2D eigenvalue weighted by Gasteiger charge is 2.34. The molecule has 0 atom stereocenters. The lowest BCUT2D eigenvalue weighted by Gasteiger charge is -2.02. The number of carbonyl (C=O) groups is 2. The summed E-state index contributed by atoms with van der Waals surface area (Å²) in [6, 6.07) is 2.93. The Labute approximate surface area is 161 Å². The van der Waals surface area contributed by atoms with Crippen molar-refractivity contribution in [2.24, 2.45) is 0 Å². The van der Waals surface area contributed by atoms with E-state index in [1.165, 1.54) is 12.3 Å². The van der Waals surface area contributed by atoms with Crippen LogP contribution in [0.4, 0.5) is 4.39 Å². The maximum atomic E-state index is 14.1. The first-order valence-electron chi connectivity index (χ1n) is 8.23. The lowest BCUT2D eigenvalue weighted by Crippen LogP contribution is -2.26. The highest BCUT2D eigenvalue weighted by Crippen LogP contribution is 2.35. The molecule has 0 fully saturated rings. The fraction of sp³-hybridized carbons (Fsp3) is 0.100. The quantitative estimate of drug-likeness (QED) is 0.616. The molecule has 7 heteroatoms. The zero-order valence-electron chi connectivity index (χ0n) is 14.4. The number of aromatic nitrogens is 1. The van der Waals surface area contributed by atoms with E-state index in [-0.39, 0.29) is 11.1 Å². The van der Waals surface area contributed by atoms with Crippen LogP contribution < -0.4 is 16.0 Å². The standard InChI is InChI=1S/C20H14BrFN2O3/c1-3-9-12(8-27-16(9)4-2)18-17(19(25)24-20(18)26)11-7-23-15-6-13(21)14(22)5-10(11)15/h3-8,23H,1-2H3,(H,24,25,26)/b9-3-,16-4+. The van der Waals surface area contributed by atoms with E-state index in [4.69, 9.17) is 4.42 Å². The molecule has 3 aromatic rings. The van der Waals surface area contributed by atoms with E-state index in [1.54, 1.807) is 18.3 Å². The summed E-state index contributed by atoms with van der Waals surface area (Å²) in [6.07, 6.45) is 6.67. The molecule has 2 N–H and O–H groups in total. The molecule has 136 valence electrons. The highest BCUT2D eigenvalue weighted by atomic mass is 79.9. The van der Waals surface area contributed by atoms with Crippen LogP contribution >= 0.6 is 15.9 Å². The van der Waals surface area contributed by atoms with Crippen LogP contribution in [0.2, 0.25) is 0 Å². The van der Waals surface area contributed by atoms with E-state index < -0.39 is 17.6 Å². The first kappa shape index (κ1) is 17.5. The van der Waals surface area contributed by atoms with Gasteiger partial charge in [-0.3, -0.25) is 14.9 Å². The Balaban J connectivity index is 2.08. The van der Waals surface area contributed by atoms with Crippen molar-refractivity contribution in [3.8, 4) is 0 Å². The van der Waals surface area contributed by atoms with Crippen molar-refractivity contribution < 1.29 is 18.4 Å². The molecule has 1 aliphatic heterocycles. The van der Waals surface area contributed by atoms with Gasteiger partial charge in [0.05, 0.1) is 21.9 Å². The van der Waals surface area contributed by atoms with E-state index in [0.29, 0.717) is 31.9 Å². The van der Waals surface area contributed by atoms with Gasteiger partial charge in [0.15, 0.2) is 0 Å². The molecule has 5 nitrogen and oxygen atoms in total. The maximum absolute atomic E-state index is 14.1. The fourth-order valence-corrected chi connectivity index (χ4v) is 3.73. The van der Waals surface area contributed by atoms with Crippen LogP contribution in [0.1, 0.15) is 25.0 Å². The maximum Gasteiger partial charge on any atom is 0.259 e. The fourth-order valence-electron chi connectivity index (χ4n) is 3.39. The van der Waals surface area contributed by atoms with Crippen LogP contribution in [0.25, 0.3) is 34.2 Å². The van der Waals surface area contributed by atoms with Crippen LogP contribution in [-0.2, 0) is 9.59 Å². The molecule has 0 saturated carbocycles. The minimum absolute atomic E-state index is 0.194. The molecule has 0 spiro atoms. The third kappa shape index (κ3) is 2.57. The summed E-state index contributed by atoms with van der Waals surface area (Å²) in [5.74, 6) is -1.48. The van der Waals surface area contributed by atoms with Gasteiger partial charge in [-0.1, -0.05) is 6.08 Å². The highest BCUT2D eigenvalue weighted by molar-refractivity contribution is 9.10. The zero-order chi connectivity index (χ0) is 19.3. The number of benzene rings is 1. The number of hydrogen-bond acceptors (Lipinski definition) is 3. The normalized spacial score (nSPS) is 16.1. The van der Waals surface area contributed by atoms with Crippen molar-refractivity contribution in [2.75, 3.05) is 0 Å². The lowest BCUT2D eigenvalue weighted by atomic mass is 9.96. The van der Waals surface area contributed by atoms with Gasteiger partial charge in [-0.05, 0) is 48.0 Å². The summed E-state index contributed by atoms with van der Waals surface area (Å²) in [5, 5.41) is 3.58. The molecule has 27 heavy (non-hydrogen) atoms. The summed E-state index contributed by atoms with van der Waals surface area (Å²) in [5.41, 5.74) is 2.65. The second-order valence-electron chi connectivity index (χ2n) is 6.05. The third-order valence-corrected chi connectivity index (χ3v) is 5.21. The number of amides is 2. The van der Waals surface area contributed by atoms with Crippen LogP contribution in [0.3, 0.4) is 0 Å². The minimum atomic E-state index is -0.524. The molecule has 0 aliphatic carbocycles. The smallest absolute Gasteiger partial charge is 0.259 e. The Hall–Kier alpha value is -2.93. The van der Waals surface area contributed by atoms with E-state index in [1.807, 2.05) is 19.9 Å². The molecule has 3 heterocycles. The first-order chi connectivity index (χ1) is 13.0. The van der Waals surface area contributed by atoms with Crippen molar-refractivity contribution >= 4 is 61.9 Å². The van der Waals surface area contributed by atoms with Crippen LogP contribution in [0, 0.1) is 5.82 Å². The first-order valence-corrected chi connectivity index (χ1v) is 9.02. The van der Waals surface area contributed by atoms with Crippen molar-refractivity contribution in [2.45, 2.75) is 13.8 Å². The van der Waals surface area contributed by atoms with Gasteiger partial charge in [0.1, 0.15) is 11.2 Å². The number of hydrogen-bond donors (Lipinski definition) is 2. The number of nitrogens with one attached hydrogen (secondary N) is 2. The molecule has 2 aromatic heterocycles. The molecule has 2 amide bonds. The van der Waals surface area contributed by atoms with E-state index in [2.05, 4.69) is 26.2 Å². The number of rotatable bonds is 2. The van der Waals surface area contributed by atoms with Gasteiger partial charge in [-0.25, -0.2) is 4.39 Å². The topological polar surface area (TPSA) is 75.1 Å². The number of halogens is 2. The number of H-pyrrole nitrogens is 1. The molecule has 1 aromatic carbocycles. The van der Waals surface area contributed by atoms with E-state index in [0.717, 1.165) is 5.22 Å². The number of carbonyl (C=O) groups excluding carboxylic acids is 2. The monoisotopic (exact) mass is 428 g/mol. The summed E-state index contributed by atoms with van der Waals surface area (Å²) >= 11 is 3.15. The molecule has 0 radical (unpaired) electrons. The summed E-state index contributed by atoms with van der Waals surface area (Å²) in [6.45, 7) is 3.65. The summed E-state index contributed by atoms with van der Waals surface area (Å²) in [7, 11) is 0. The van der Waals surface area contributed by atoms with Gasteiger partial charge in [-0.15, -0.1) is 0 Å². The van der Waals surface area contributed by atoms with Crippen LogP contribution in [-0.4, -0.2) is 16.8 Å². The van der Waals surface area contributed by atoms with Gasteiger partial charge < -0.3 is 9.40 Å². The van der Waals surface area contributed by atoms with Crippen LogP contribution in [0.5, 0.6) is 0 Å². The van der Waals surface area contributed by atoms with Crippen LogP contribution in [0.15, 0.2) is 33.5 Å². The molecule has 1 aliphatic rings. The average Bonchev–Trinajstić information content (AvgIpc) is 3.30. The Morgan fingerprint density at radius 3 is 2.44 bits per heavy atom. The third-order valence-electron chi connectivity index (χ3n) is 4.60. The number of aromatic amines is 1. The molecular weight excluding hydrogens is 415 g/mol. The SMILES string of the molecule is C/C=c1/c(C2=C(c3c[nH]c4cc(Br)c(F)cc34)C(=O)NC2=O)co/c1=C/C. The van der Waals surface area contributed by atoms with Crippen molar-refractivity contribution in [3.63, 3.8) is 0 Å². The largest absolute Gasteiger partial charge is 0.464 e. The zero-order valence-corrected chi connectivity index (χ0v) is 16.0. The average molecular weight is 429 g/mol. The Bertz CT molecular complexity index is 1280. The summed E-state index contributed by atoms with van der Waals surface area (Å²) in [4.78, 5) is 28.2. The minimum Gasteiger partial charge on any atom is -0.464 e. The predicted octanol–water partition coefficient (Wildman–Crippen LogP) is 2.83. The van der Waals surface area contributed by atoms with Gasteiger partial charge in [0.2, 0.25) is 0 Å². The number of furan rings is 1. The Kier molecular flexibility index (Phi) is 4.11. The summed E-state index contributed by atoms with van der Waals surface area (Å²) < 4.78 is 19.9. The van der Waals surface area contributed by atoms with Gasteiger partial charge in [-0.2, -0.15) is 0 Å². The van der Waals surface area contributed by atoms with Gasteiger partial charge in [0.25, 0.3) is 11.8 Å². The molecule has 0 saturated heterocycles. The Morgan fingerprint density at radius 2 is 1.78 bits per heavy atom. The second kappa shape index (κ2) is 6.35. The predicted molar refractivity (Wildman–Crippen MR) is 104 cm³/mol. The lowest BCUT2D eigenvalue weighted by molar-refractivity contribution is -0.122. The molecular formula is C20H14BrFN2O3. The molecule has 0 bridgehead atoms. The Morgan fingerprint density at radius 1 is 1.07 bits per heavy atom. The van der Waals surface area contributed by atoms with Crippen molar-refractivity contribution in [1.29, 1.82) is 0 Å². The van der Waals surface area contributed by atoms with Crippen molar-refractivity contribution in [1.82, 2.24) is 10.3 Å².